The average Bonchev–Trinajstić information content (AvgIpc) is 2.50. The van der Waals surface area contributed by atoms with Crippen LogP contribution in [-0.2, 0) is 19.8 Å². The molecule has 0 aliphatic carbocycles. The number of halogens is 2. The molecule has 0 spiro atoms. The van der Waals surface area contributed by atoms with Crippen molar-refractivity contribution in [3.8, 4) is 0 Å². The van der Waals surface area contributed by atoms with Crippen LogP contribution in [0.1, 0.15) is 32.3 Å². The van der Waals surface area contributed by atoms with Crippen LogP contribution in [0.4, 0.5) is 10.1 Å². The largest absolute Gasteiger partial charge is 0.481 e. The van der Waals surface area contributed by atoms with Crippen LogP contribution in [0.15, 0.2) is 16.6 Å². The first-order valence-corrected chi connectivity index (χ1v) is 8.53. The van der Waals surface area contributed by atoms with E-state index in [1.54, 1.807) is 27.0 Å². The third kappa shape index (κ3) is 6.12. The van der Waals surface area contributed by atoms with Gasteiger partial charge >= 0.3 is 5.97 Å². The van der Waals surface area contributed by atoms with E-state index in [4.69, 9.17) is 5.11 Å². The van der Waals surface area contributed by atoms with Crippen LogP contribution >= 0.6 is 15.9 Å². The lowest BCUT2D eigenvalue weighted by molar-refractivity contribution is -0.137. The first kappa shape index (κ1) is 21.1. The van der Waals surface area contributed by atoms with Gasteiger partial charge in [-0.3, -0.25) is 9.59 Å². The summed E-state index contributed by atoms with van der Waals surface area (Å²) in [5, 5.41) is 11.2. The molecule has 1 rings (SSSR count). The minimum absolute atomic E-state index is 0.0326. The Hall–Kier alpha value is -1.96. The SMILES string of the molecule is CN(CC(=O)NCCCC(=O)O)c1c(F)cc(Br)cc1C(C)(C)C=O. The summed E-state index contributed by atoms with van der Waals surface area (Å²) >= 11 is 3.22. The van der Waals surface area contributed by atoms with Crippen LogP contribution in [0, 0.1) is 5.82 Å². The lowest BCUT2D eigenvalue weighted by Gasteiger charge is -2.28. The Morgan fingerprint density at radius 1 is 1.40 bits per heavy atom. The summed E-state index contributed by atoms with van der Waals surface area (Å²) in [5.74, 6) is -1.82. The van der Waals surface area contributed by atoms with E-state index in [0.29, 0.717) is 16.5 Å². The number of carbonyl (C=O) groups is 3. The molecule has 1 aromatic carbocycles. The van der Waals surface area contributed by atoms with Gasteiger partial charge in [-0.2, -0.15) is 0 Å². The second-order valence-electron chi connectivity index (χ2n) is 6.33. The molecule has 0 heterocycles. The van der Waals surface area contributed by atoms with Crippen molar-refractivity contribution in [2.24, 2.45) is 0 Å². The lowest BCUT2D eigenvalue weighted by Crippen LogP contribution is -2.37. The Morgan fingerprint density at radius 2 is 2.04 bits per heavy atom. The molecule has 0 saturated heterocycles. The molecule has 0 fully saturated rings. The number of anilines is 1. The molecular weight excluding hydrogens is 395 g/mol. The lowest BCUT2D eigenvalue weighted by atomic mass is 9.84. The summed E-state index contributed by atoms with van der Waals surface area (Å²) in [5.41, 5.74) is -0.275. The number of carboxylic acid groups (broad SMARTS) is 1. The quantitative estimate of drug-likeness (QED) is 0.476. The highest BCUT2D eigenvalue weighted by Crippen LogP contribution is 2.35. The zero-order valence-corrected chi connectivity index (χ0v) is 16.0. The van der Waals surface area contributed by atoms with E-state index in [9.17, 15) is 18.8 Å². The third-order valence-corrected chi connectivity index (χ3v) is 4.13. The zero-order chi connectivity index (χ0) is 19.2. The van der Waals surface area contributed by atoms with Gasteiger partial charge in [-0.15, -0.1) is 0 Å². The molecule has 1 aromatic rings. The molecule has 2 N–H and O–H groups in total. The maximum Gasteiger partial charge on any atom is 0.303 e. The molecule has 0 saturated carbocycles. The van der Waals surface area contributed by atoms with Crippen LogP contribution < -0.4 is 10.2 Å². The number of nitrogens with one attached hydrogen (secondary N) is 1. The maximum absolute atomic E-state index is 14.5. The molecule has 0 unspecified atom stereocenters. The number of hydrogen-bond donors (Lipinski definition) is 2. The summed E-state index contributed by atoms with van der Waals surface area (Å²) in [6, 6.07) is 2.94. The summed E-state index contributed by atoms with van der Waals surface area (Å²) in [7, 11) is 1.56. The number of nitrogens with zero attached hydrogens (tertiary/aromatic N) is 1. The van der Waals surface area contributed by atoms with Crippen molar-refractivity contribution >= 4 is 39.8 Å². The summed E-state index contributed by atoms with van der Waals surface area (Å²) in [6.45, 7) is 3.46. The van der Waals surface area contributed by atoms with Crippen LogP contribution in [-0.4, -0.2) is 43.4 Å². The fourth-order valence-electron chi connectivity index (χ4n) is 2.33. The van der Waals surface area contributed by atoms with Crippen molar-refractivity contribution in [3.05, 3.63) is 28.0 Å². The third-order valence-electron chi connectivity index (χ3n) is 3.67. The highest BCUT2D eigenvalue weighted by atomic mass is 79.9. The minimum atomic E-state index is -0.927. The highest BCUT2D eigenvalue weighted by Gasteiger charge is 2.28. The van der Waals surface area contributed by atoms with Gasteiger partial charge in [0.25, 0.3) is 0 Å². The molecule has 0 atom stereocenters. The highest BCUT2D eigenvalue weighted by molar-refractivity contribution is 9.10. The van der Waals surface area contributed by atoms with Crippen molar-refractivity contribution in [3.63, 3.8) is 0 Å². The van der Waals surface area contributed by atoms with Crippen molar-refractivity contribution < 1.29 is 23.9 Å². The van der Waals surface area contributed by atoms with Crippen LogP contribution in [0.3, 0.4) is 0 Å². The molecule has 0 radical (unpaired) electrons. The smallest absolute Gasteiger partial charge is 0.303 e. The van der Waals surface area contributed by atoms with Crippen LogP contribution in [0.2, 0.25) is 0 Å². The Labute approximate surface area is 154 Å². The van der Waals surface area contributed by atoms with E-state index < -0.39 is 17.2 Å². The van der Waals surface area contributed by atoms with Gasteiger partial charge in [-0.1, -0.05) is 15.9 Å². The predicted octanol–water partition coefficient (Wildman–Crippen LogP) is 2.48. The van der Waals surface area contributed by atoms with Gasteiger partial charge in [0, 0.05) is 29.9 Å². The van der Waals surface area contributed by atoms with Gasteiger partial charge in [0.1, 0.15) is 12.1 Å². The Bertz CT molecular complexity index is 664. The Balaban J connectivity index is 2.91. The van der Waals surface area contributed by atoms with Crippen LogP contribution in [0.25, 0.3) is 0 Å². The zero-order valence-electron chi connectivity index (χ0n) is 14.4. The molecule has 0 aromatic heterocycles. The normalized spacial score (nSPS) is 11.1. The minimum Gasteiger partial charge on any atom is -0.481 e. The van der Waals surface area contributed by atoms with Crippen molar-refractivity contribution in [1.29, 1.82) is 0 Å². The number of rotatable bonds is 9. The first-order chi connectivity index (χ1) is 11.6. The van der Waals surface area contributed by atoms with Crippen molar-refractivity contribution in [2.75, 3.05) is 25.0 Å². The van der Waals surface area contributed by atoms with Crippen molar-refractivity contribution in [1.82, 2.24) is 5.32 Å². The second-order valence-corrected chi connectivity index (χ2v) is 7.24. The van der Waals surface area contributed by atoms with Gasteiger partial charge in [-0.05, 0) is 38.0 Å². The standard InChI is InChI=1S/C17H22BrFN2O4/c1-17(2,10-22)12-7-11(18)8-13(19)16(12)21(3)9-14(23)20-6-4-5-15(24)25/h7-8,10H,4-6,9H2,1-3H3,(H,20,23)(H,24,25). The van der Waals surface area contributed by atoms with Gasteiger partial charge < -0.3 is 20.1 Å². The molecule has 6 nitrogen and oxygen atoms in total. The van der Waals surface area contributed by atoms with E-state index in [2.05, 4.69) is 21.2 Å². The Kier molecular flexibility index (Phi) is 7.54. The summed E-state index contributed by atoms with van der Waals surface area (Å²) < 4.78 is 15.0. The number of carboxylic acids is 1. The van der Waals surface area contributed by atoms with E-state index in [1.165, 1.54) is 11.0 Å². The van der Waals surface area contributed by atoms with Gasteiger partial charge in [0.2, 0.25) is 5.91 Å². The van der Waals surface area contributed by atoms with Gasteiger partial charge in [0.05, 0.1) is 12.2 Å². The predicted molar refractivity (Wildman–Crippen MR) is 96.3 cm³/mol. The fraction of sp³-hybridized carbons (Fsp3) is 0.471. The number of carbonyl (C=O) groups excluding carboxylic acids is 2. The first-order valence-electron chi connectivity index (χ1n) is 7.74. The average molecular weight is 417 g/mol. The Morgan fingerprint density at radius 3 is 2.60 bits per heavy atom. The number of amides is 1. The molecular formula is C17H22BrFN2O4. The van der Waals surface area contributed by atoms with Crippen molar-refractivity contribution in [2.45, 2.75) is 32.1 Å². The molecule has 0 aliphatic rings. The number of benzene rings is 1. The van der Waals surface area contributed by atoms with E-state index in [1.807, 2.05) is 0 Å². The number of aldehydes is 1. The van der Waals surface area contributed by atoms with Crippen LogP contribution in [0.5, 0.6) is 0 Å². The topological polar surface area (TPSA) is 86.7 Å². The summed E-state index contributed by atoms with van der Waals surface area (Å²) in [6.07, 6.45) is 1.02. The summed E-state index contributed by atoms with van der Waals surface area (Å²) in [4.78, 5) is 35.2. The van der Waals surface area contributed by atoms with Gasteiger partial charge in [-0.25, -0.2) is 4.39 Å². The van der Waals surface area contributed by atoms with E-state index >= 15 is 0 Å². The maximum atomic E-state index is 14.5. The molecule has 1 amide bonds. The van der Waals surface area contributed by atoms with E-state index in [-0.39, 0.29) is 31.1 Å². The molecule has 25 heavy (non-hydrogen) atoms. The molecule has 0 aliphatic heterocycles. The number of hydrogen-bond acceptors (Lipinski definition) is 4. The fourth-order valence-corrected chi connectivity index (χ4v) is 2.76. The van der Waals surface area contributed by atoms with E-state index in [0.717, 1.165) is 6.29 Å². The van der Waals surface area contributed by atoms with Gasteiger partial charge in [0.15, 0.2) is 0 Å². The molecule has 138 valence electrons. The second kappa shape index (κ2) is 8.94. The monoisotopic (exact) mass is 416 g/mol. The number of likely N-dealkylation sites (N-methyl/N-ethyl adjacent to an activating group) is 1. The number of aliphatic carboxylic acids is 1. The molecule has 0 bridgehead atoms. The molecule has 8 heteroatoms.